The van der Waals surface area contributed by atoms with Crippen LogP contribution in [0.25, 0.3) is 10.2 Å². The molecule has 3 N–H and O–H groups in total. The predicted molar refractivity (Wildman–Crippen MR) is 108 cm³/mol. The van der Waals surface area contributed by atoms with Gasteiger partial charge < -0.3 is 15.8 Å². The lowest BCUT2D eigenvalue weighted by atomic mass is 9.97. The highest BCUT2D eigenvalue weighted by Gasteiger charge is 2.20. The highest BCUT2D eigenvalue weighted by atomic mass is 32.2. The Labute approximate surface area is 162 Å². The van der Waals surface area contributed by atoms with Gasteiger partial charge in [-0.2, -0.15) is 0 Å². The Morgan fingerprint density at radius 3 is 2.96 bits per heavy atom. The topological polar surface area (TPSA) is 90.1 Å². The third kappa shape index (κ3) is 4.86. The second kappa shape index (κ2) is 9.01. The number of thioether (sulfide) groups is 1. The lowest BCUT2D eigenvalue weighted by Crippen LogP contribution is -2.27. The second-order valence-corrected chi connectivity index (χ2v) is 8.72. The number of carbonyl (C=O) groups excluding carboxylic acids is 1. The number of aryl methyl sites for hydroxylation is 2. The van der Waals surface area contributed by atoms with Gasteiger partial charge >= 0.3 is 0 Å². The maximum Gasteiger partial charge on any atom is 0.230 e. The van der Waals surface area contributed by atoms with E-state index in [1.54, 1.807) is 11.3 Å². The van der Waals surface area contributed by atoms with E-state index in [4.69, 9.17) is 10.5 Å². The summed E-state index contributed by atoms with van der Waals surface area (Å²) in [5.74, 6) is 0.816. The summed E-state index contributed by atoms with van der Waals surface area (Å²) in [6.07, 6.45) is 5.65. The fourth-order valence-corrected chi connectivity index (χ4v) is 5.04. The summed E-state index contributed by atoms with van der Waals surface area (Å²) in [6.45, 7) is 5.28. The number of carbonyl (C=O) groups is 1. The van der Waals surface area contributed by atoms with E-state index in [1.165, 1.54) is 35.0 Å². The monoisotopic (exact) mass is 394 g/mol. The van der Waals surface area contributed by atoms with Crippen molar-refractivity contribution in [3.05, 3.63) is 10.4 Å². The van der Waals surface area contributed by atoms with Gasteiger partial charge in [-0.1, -0.05) is 11.8 Å². The maximum atomic E-state index is 12.0. The molecular weight excluding hydrogens is 368 g/mol. The van der Waals surface area contributed by atoms with Crippen LogP contribution in [0, 0.1) is 0 Å². The maximum absolute atomic E-state index is 12.0. The zero-order valence-corrected chi connectivity index (χ0v) is 17.0. The zero-order chi connectivity index (χ0) is 18.5. The fourth-order valence-electron chi connectivity index (χ4n) is 3.03. The Morgan fingerprint density at radius 2 is 2.15 bits per heavy atom. The van der Waals surface area contributed by atoms with Crippen LogP contribution in [0.2, 0.25) is 0 Å². The SMILES string of the molecule is CC(C)OCCCNC(=O)CSc1nc(N)c2c3c(sc2n1)CCCC3. The summed E-state index contributed by atoms with van der Waals surface area (Å²) in [6, 6.07) is 0. The van der Waals surface area contributed by atoms with E-state index >= 15 is 0 Å². The smallest absolute Gasteiger partial charge is 0.230 e. The number of nitrogens with zero attached hydrogens (tertiary/aromatic N) is 2. The molecule has 0 unspecified atom stereocenters. The van der Waals surface area contributed by atoms with E-state index < -0.39 is 0 Å². The number of nitrogens with two attached hydrogens (primary N) is 1. The summed E-state index contributed by atoms with van der Waals surface area (Å²) in [4.78, 5) is 23.4. The number of rotatable bonds is 8. The lowest BCUT2D eigenvalue weighted by molar-refractivity contribution is -0.118. The molecule has 1 aliphatic rings. The van der Waals surface area contributed by atoms with Crippen LogP contribution in [0.4, 0.5) is 5.82 Å². The molecule has 2 aromatic rings. The van der Waals surface area contributed by atoms with Gasteiger partial charge in [-0.15, -0.1) is 11.3 Å². The van der Waals surface area contributed by atoms with Gasteiger partial charge in [0.15, 0.2) is 5.16 Å². The lowest BCUT2D eigenvalue weighted by Gasteiger charge is -2.10. The van der Waals surface area contributed by atoms with Crippen molar-refractivity contribution in [2.24, 2.45) is 0 Å². The second-order valence-electron chi connectivity index (χ2n) is 6.69. The first kappa shape index (κ1) is 19.4. The molecule has 8 heteroatoms. The average Bonchev–Trinajstić information content (AvgIpc) is 2.98. The average molecular weight is 395 g/mol. The molecular formula is C18H26N4O2S2. The normalized spacial score (nSPS) is 14.0. The van der Waals surface area contributed by atoms with Crippen LogP contribution in [0.1, 0.15) is 43.6 Å². The highest BCUT2D eigenvalue weighted by molar-refractivity contribution is 7.99. The third-order valence-corrected chi connectivity index (χ3v) is 6.28. The van der Waals surface area contributed by atoms with Crippen LogP contribution < -0.4 is 11.1 Å². The molecule has 0 bridgehead atoms. The first-order chi connectivity index (χ1) is 12.5. The molecule has 0 aliphatic heterocycles. The molecule has 0 atom stereocenters. The number of nitrogen functional groups attached to an aromatic ring is 1. The highest BCUT2D eigenvalue weighted by Crippen LogP contribution is 2.38. The largest absolute Gasteiger partial charge is 0.383 e. The third-order valence-electron chi connectivity index (χ3n) is 4.25. The molecule has 3 rings (SSSR count). The Bertz CT molecular complexity index is 776. The van der Waals surface area contributed by atoms with E-state index in [0.29, 0.717) is 29.9 Å². The van der Waals surface area contributed by atoms with Crippen molar-refractivity contribution in [1.82, 2.24) is 15.3 Å². The van der Waals surface area contributed by atoms with Crippen molar-refractivity contribution in [3.8, 4) is 0 Å². The van der Waals surface area contributed by atoms with Gasteiger partial charge in [0, 0.05) is 18.0 Å². The minimum absolute atomic E-state index is 0.0210. The summed E-state index contributed by atoms with van der Waals surface area (Å²) in [5.41, 5.74) is 7.54. The van der Waals surface area contributed by atoms with E-state index in [-0.39, 0.29) is 12.0 Å². The van der Waals surface area contributed by atoms with Crippen LogP contribution in [0.15, 0.2) is 5.16 Å². The summed E-state index contributed by atoms with van der Waals surface area (Å²) in [7, 11) is 0. The molecule has 2 heterocycles. The first-order valence-corrected chi connectivity index (χ1v) is 10.9. The van der Waals surface area contributed by atoms with Crippen molar-refractivity contribution in [3.63, 3.8) is 0 Å². The summed E-state index contributed by atoms with van der Waals surface area (Å²) < 4.78 is 5.45. The molecule has 0 spiro atoms. The molecule has 1 aliphatic carbocycles. The van der Waals surface area contributed by atoms with Crippen LogP contribution >= 0.6 is 23.1 Å². The number of thiophene rings is 1. The quantitative estimate of drug-likeness (QED) is 0.406. The van der Waals surface area contributed by atoms with Crippen molar-refractivity contribution in [2.45, 2.75) is 57.2 Å². The van der Waals surface area contributed by atoms with Crippen molar-refractivity contribution >= 4 is 45.0 Å². The number of amides is 1. The molecule has 0 radical (unpaired) electrons. The van der Waals surface area contributed by atoms with Crippen LogP contribution in [0.5, 0.6) is 0 Å². The Hall–Kier alpha value is -1.38. The molecule has 26 heavy (non-hydrogen) atoms. The minimum Gasteiger partial charge on any atom is -0.383 e. The molecule has 0 saturated carbocycles. The van der Waals surface area contributed by atoms with Gasteiger partial charge in [0.2, 0.25) is 5.91 Å². The van der Waals surface area contributed by atoms with Gasteiger partial charge in [-0.3, -0.25) is 4.79 Å². The molecule has 0 fully saturated rings. The van der Waals surface area contributed by atoms with Crippen molar-refractivity contribution in [2.75, 3.05) is 24.6 Å². The molecule has 0 saturated heterocycles. The number of aromatic nitrogens is 2. The van der Waals surface area contributed by atoms with E-state index in [9.17, 15) is 4.79 Å². The molecule has 1 amide bonds. The number of fused-ring (bicyclic) bond motifs is 3. The van der Waals surface area contributed by atoms with E-state index in [1.807, 2.05) is 13.8 Å². The summed E-state index contributed by atoms with van der Waals surface area (Å²) in [5, 5.41) is 4.50. The Balaban J connectivity index is 1.53. The number of hydrogen-bond donors (Lipinski definition) is 2. The van der Waals surface area contributed by atoms with Crippen molar-refractivity contribution < 1.29 is 9.53 Å². The van der Waals surface area contributed by atoms with Gasteiger partial charge in [0.25, 0.3) is 0 Å². The van der Waals surface area contributed by atoms with Gasteiger partial charge in [-0.05, 0) is 51.5 Å². The predicted octanol–water partition coefficient (Wildman–Crippen LogP) is 3.18. The Kier molecular flexibility index (Phi) is 6.72. The zero-order valence-electron chi connectivity index (χ0n) is 15.3. The van der Waals surface area contributed by atoms with Gasteiger partial charge in [0.1, 0.15) is 10.6 Å². The minimum atomic E-state index is -0.0210. The number of hydrogen-bond acceptors (Lipinski definition) is 7. The molecule has 142 valence electrons. The van der Waals surface area contributed by atoms with Gasteiger partial charge in [-0.25, -0.2) is 9.97 Å². The molecule has 2 aromatic heterocycles. The van der Waals surface area contributed by atoms with Crippen LogP contribution in [-0.2, 0) is 22.4 Å². The Morgan fingerprint density at radius 1 is 1.35 bits per heavy atom. The summed E-state index contributed by atoms with van der Waals surface area (Å²) >= 11 is 3.06. The molecule has 6 nitrogen and oxygen atoms in total. The number of anilines is 1. The number of nitrogens with one attached hydrogen (secondary N) is 1. The van der Waals surface area contributed by atoms with Crippen LogP contribution in [0.3, 0.4) is 0 Å². The van der Waals surface area contributed by atoms with Crippen LogP contribution in [-0.4, -0.2) is 40.9 Å². The van der Waals surface area contributed by atoms with Gasteiger partial charge in [0.05, 0.1) is 17.2 Å². The van der Waals surface area contributed by atoms with E-state index in [0.717, 1.165) is 29.5 Å². The fraction of sp³-hybridized carbons (Fsp3) is 0.611. The first-order valence-electron chi connectivity index (χ1n) is 9.13. The standard InChI is InChI=1S/C18H26N4O2S2/c1-11(2)24-9-5-8-20-14(23)10-25-18-21-16(19)15-12-6-3-4-7-13(12)26-17(15)22-18/h11H,3-10H2,1-2H3,(H,20,23)(H2,19,21,22). The van der Waals surface area contributed by atoms with Crippen molar-refractivity contribution in [1.29, 1.82) is 0 Å². The molecule has 0 aromatic carbocycles. The van der Waals surface area contributed by atoms with E-state index in [2.05, 4.69) is 15.3 Å². The number of ether oxygens (including phenoxy) is 1.